The molecular formula is C20H22N4O2. The summed E-state index contributed by atoms with van der Waals surface area (Å²) in [5, 5.41) is 11.0. The Morgan fingerprint density at radius 1 is 1.12 bits per heavy atom. The molecule has 0 bridgehead atoms. The van der Waals surface area contributed by atoms with Gasteiger partial charge in [-0.1, -0.05) is 23.4 Å². The molecule has 3 rings (SSSR count). The van der Waals surface area contributed by atoms with E-state index in [-0.39, 0.29) is 17.6 Å². The van der Waals surface area contributed by atoms with E-state index >= 15 is 0 Å². The zero-order valence-electron chi connectivity index (χ0n) is 15.4. The fourth-order valence-electron chi connectivity index (χ4n) is 2.61. The number of methoxy groups -OCH3 is 1. The topological polar surface area (TPSA) is 69.0 Å². The molecule has 0 aliphatic carbocycles. The summed E-state index contributed by atoms with van der Waals surface area (Å²) in [7, 11) is 1.62. The number of carbonyl (C=O) groups is 1. The maximum atomic E-state index is 12.5. The predicted molar refractivity (Wildman–Crippen MR) is 99.7 cm³/mol. The lowest BCUT2D eigenvalue weighted by Crippen LogP contribution is -2.26. The highest BCUT2D eigenvalue weighted by Crippen LogP contribution is 2.18. The first-order chi connectivity index (χ1) is 12.5. The van der Waals surface area contributed by atoms with E-state index in [1.165, 1.54) is 5.56 Å². The van der Waals surface area contributed by atoms with Gasteiger partial charge in [-0.25, -0.2) is 4.68 Å². The predicted octanol–water partition coefficient (Wildman–Crippen LogP) is 3.38. The van der Waals surface area contributed by atoms with Crippen molar-refractivity contribution in [1.82, 2.24) is 20.3 Å². The Morgan fingerprint density at radius 2 is 1.85 bits per heavy atom. The number of aromatic nitrogens is 3. The largest absolute Gasteiger partial charge is 0.497 e. The Kier molecular flexibility index (Phi) is 5.02. The van der Waals surface area contributed by atoms with Gasteiger partial charge in [0, 0.05) is 0 Å². The van der Waals surface area contributed by atoms with E-state index in [2.05, 4.69) is 22.6 Å². The minimum Gasteiger partial charge on any atom is -0.497 e. The second-order valence-corrected chi connectivity index (χ2v) is 6.29. The molecule has 26 heavy (non-hydrogen) atoms. The van der Waals surface area contributed by atoms with E-state index in [4.69, 9.17) is 4.74 Å². The van der Waals surface area contributed by atoms with E-state index in [1.54, 1.807) is 18.0 Å². The van der Waals surface area contributed by atoms with Gasteiger partial charge >= 0.3 is 0 Å². The van der Waals surface area contributed by atoms with Crippen molar-refractivity contribution in [3.63, 3.8) is 0 Å². The average Bonchev–Trinajstić information content (AvgIpc) is 3.14. The molecular weight excluding hydrogens is 328 g/mol. The first-order valence-electron chi connectivity index (χ1n) is 8.42. The molecule has 2 aromatic carbocycles. The minimum absolute atomic E-state index is 0.153. The van der Waals surface area contributed by atoms with E-state index in [0.717, 1.165) is 22.6 Å². The van der Waals surface area contributed by atoms with Gasteiger partial charge in [-0.15, -0.1) is 5.10 Å². The van der Waals surface area contributed by atoms with Crippen LogP contribution in [0, 0.1) is 13.8 Å². The molecule has 1 atom stereocenters. The van der Waals surface area contributed by atoms with Crippen molar-refractivity contribution in [2.24, 2.45) is 0 Å². The van der Waals surface area contributed by atoms with Crippen LogP contribution in [-0.4, -0.2) is 28.0 Å². The summed E-state index contributed by atoms with van der Waals surface area (Å²) in [5.41, 5.74) is 4.52. The highest BCUT2D eigenvalue weighted by Gasteiger charge is 2.15. The summed E-state index contributed by atoms with van der Waals surface area (Å²) >= 11 is 0. The summed E-state index contributed by atoms with van der Waals surface area (Å²) in [6, 6.07) is 13.4. The molecule has 0 saturated heterocycles. The molecule has 6 heteroatoms. The van der Waals surface area contributed by atoms with Crippen molar-refractivity contribution in [2.45, 2.75) is 26.8 Å². The lowest BCUT2D eigenvalue weighted by Gasteiger charge is -2.13. The molecule has 1 aromatic heterocycles. The van der Waals surface area contributed by atoms with Crippen LogP contribution >= 0.6 is 0 Å². The maximum Gasteiger partial charge on any atom is 0.273 e. The quantitative estimate of drug-likeness (QED) is 0.766. The second-order valence-electron chi connectivity index (χ2n) is 6.29. The zero-order valence-corrected chi connectivity index (χ0v) is 15.4. The number of carbonyl (C=O) groups excluding carboxylic acids is 1. The Balaban J connectivity index is 1.71. The molecule has 0 spiro atoms. The van der Waals surface area contributed by atoms with Gasteiger partial charge in [-0.3, -0.25) is 4.79 Å². The van der Waals surface area contributed by atoms with Crippen LogP contribution in [0.5, 0.6) is 5.75 Å². The number of ether oxygens (including phenoxy) is 1. The van der Waals surface area contributed by atoms with E-state index in [0.29, 0.717) is 0 Å². The molecule has 0 radical (unpaired) electrons. The van der Waals surface area contributed by atoms with Gasteiger partial charge in [-0.2, -0.15) is 0 Å². The maximum absolute atomic E-state index is 12.5. The third-order valence-corrected chi connectivity index (χ3v) is 4.44. The van der Waals surface area contributed by atoms with Crippen molar-refractivity contribution >= 4 is 5.91 Å². The van der Waals surface area contributed by atoms with Crippen LogP contribution in [0.1, 0.15) is 40.1 Å². The van der Waals surface area contributed by atoms with E-state index < -0.39 is 0 Å². The monoisotopic (exact) mass is 350 g/mol. The van der Waals surface area contributed by atoms with Crippen LogP contribution in [0.25, 0.3) is 5.69 Å². The average molecular weight is 350 g/mol. The smallest absolute Gasteiger partial charge is 0.273 e. The molecule has 134 valence electrons. The normalized spacial score (nSPS) is 11.8. The molecule has 1 amide bonds. The fraction of sp³-hybridized carbons (Fsp3) is 0.250. The van der Waals surface area contributed by atoms with Gasteiger partial charge in [0.2, 0.25) is 0 Å². The zero-order chi connectivity index (χ0) is 18.7. The summed E-state index contributed by atoms with van der Waals surface area (Å²) in [4.78, 5) is 12.5. The van der Waals surface area contributed by atoms with Crippen LogP contribution < -0.4 is 10.1 Å². The SMILES string of the molecule is COc1ccc([C@H](C)NC(=O)c2cn(-c3ccc(C)c(C)c3)nn2)cc1. The Hall–Kier alpha value is -3.15. The number of benzene rings is 2. The summed E-state index contributed by atoms with van der Waals surface area (Å²) in [6.07, 6.45) is 1.64. The van der Waals surface area contributed by atoms with Crippen LogP contribution in [0.3, 0.4) is 0 Å². The number of hydrogen-bond acceptors (Lipinski definition) is 4. The third-order valence-electron chi connectivity index (χ3n) is 4.44. The Bertz CT molecular complexity index is 916. The molecule has 3 aromatic rings. The van der Waals surface area contributed by atoms with E-state index in [1.807, 2.05) is 56.3 Å². The lowest BCUT2D eigenvalue weighted by molar-refractivity contribution is 0.0935. The van der Waals surface area contributed by atoms with Crippen LogP contribution in [0.4, 0.5) is 0 Å². The van der Waals surface area contributed by atoms with Gasteiger partial charge in [0.25, 0.3) is 5.91 Å². The molecule has 0 aliphatic heterocycles. The summed E-state index contributed by atoms with van der Waals surface area (Å²) < 4.78 is 6.76. The van der Waals surface area contributed by atoms with Crippen molar-refractivity contribution in [1.29, 1.82) is 0 Å². The lowest BCUT2D eigenvalue weighted by atomic mass is 10.1. The fourth-order valence-corrected chi connectivity index (χ4v) is 2.61. The Labute approximate surface area is 152 Å². The van der Waals surface area contributed by atoms with Crippen molar-refractivity contribution in [3.05, 3.63) is 71.0 Å². The molecule has 1 N–H and O–H groups in total. The number of nitrogens with zero attached hydrogens (tertiary/aromatic N) is 3. The molecule has 0 saturated carbocycles. The van der Waals surface area contributed by atoms with E-state index in [9.17, 15) is 4.79 Å². The Morgan fingerprint density at radius 3 is 2.50 bits per heavy atom. The molecule has 0 unspecified atom stereocenters. The number of hydrogen-bond donors (Lipinski definition) is 1. The van der Waals surface area contributed by atoms with Gasteiger partial charge in [-0.05, 0) is 61.7 Å². The first kappa shape index (κ1) is 17.7. The van der Waals surface area contributed by atoms with Gasteiger partial charge in [0.15, 0.2) is 5.69 Å². The molecule has 1 heterocycles. The summed E-state index contributed by atoms with van der Waals surface area (Å²) in [5.74, 6) is 0.520. The third kappa shape index (κ3) is 3.74. The number of aryl methyl sites for hydroxylation is 2. The van der Waals surface area contributed by atoms with Gasteiger partial charge in [0.1, 0.15) is 5.75 Å². The minimum atomic E-state index is -0.261. The second kappa shape index (κ2) is 7.39. The van der Waals surface area contributed by atoms with Crippen molar-refractivity contribution in [3.8, 4) is 11.4 Å². The molecule has 6 nitrogen and oxygen atoms in total. The number of rotatable bonds is 5. The van der Waals surface area contributed by atoms with Gasteiger partial charge in [0.05, 0.1) is 25.0 Å². The number of nitrogens with one attached hydrogen (secondary N) is 1. The van der Waals surface area contributed by atoms with Crippen LogP contribution in [0.2, 0.25) is 0 Å². The van der Waals surface area contributed by atoms with Crippen LogP contribution in [0.15, 0.2) is 48.7 Å². The highest BCUT2D eigenvalue weighted by atomic mass is 16.5. The highest BCUT2D eigenvalue weighted by molar-refractivity contribution is 5.92. The van der Waals surface area contributed by atoms with Gasteiger partial charge < -0.3 is 10.1 Å². The van der Waals surface area contributed by atoms with Crippen molar-refractivity contribution < 1.29 is 9.53 Å². The van der Waals surface area contributed by atoms with Crippen molar-refractivity contribution in [2.75, 3.05) is 7.11 Å². The summed E-state index contributed by atoms with van der Waals surface area (Å²) in [6.45, 7) is 6.02. The molecule has 0 fully saturated rings. The standard InChI is InChI=1S/C20H22N4O2/c1-13-5-8-17(11-14(13)2)24-12-19(22-23-24)20(25)21-15(3)16-6-9-18(26-4)10-7-16/h5-12,15H,1-4H3,(H,21,25)/t15-/m0/s1. The van der Waals surface area contributed by atoms with Crippen LogP contribution in [-0.2, 0) is 0 Å². The first-order valence-corrected chi connectivity index (χ1v) is 8.42. The molecule has 0 aliphatic rings. The number of amides is 1.